The van der Waals surface area contributed by atoms with E-state index in [9.17, 15) is 9.90 Å². The number of carbonyl (C=O) groups is 1. The van der Waals surface area contributed by atoms with E-state index in [0.717, 1.165) is 68.5 Å². The summed E-state index contributed by atoms with van der Waals surface area (Å²) in [5, 5.41) is 10.6. The predicted molar refractivity (Wildman–Crippen MR) is 112 cm³/mol. The second-order valence-electron chi connectivity index (χ2n) is 11.8. The number of carbonyl (C=O) groups excluding carboxylic acids is 1. The molecule has 0 aromatic heterocycles. The van der Waals surface area contributed by atoms with E-state index in [-0.39, 0.29) is 5.41 Å². The normalized spacial score (nSPS) is 51.4. The molecule has 0 bridgehead atoms. The molecule has 0 spiro atoms. The number of hydrogen-bond donors (Lipinski definition) is 1. The molecular weight excluding hydrogens is 346 g/mol. The molecule has 28 heavy (non-hydrogen) atoms. The van der Waals surface area contributed by atoms with Gasteiger partial charge in [-0.2, -0.15) is 0 Å². The third-order valence-corrected chi connectivity index (χ3v) is 10.2. The molecule has 5 fully saturated rings. The minimum absolute atomic E-state index is 0.269. The Bertz CT molecular complexity index is 610. The van der Waals surface area contributed by atoms with Crippen LogP contribution in [0.15, 0.2) is 0 Å². The number of Topliss-reactive ketones (excluding diaryl/α,β-unsaturated/α-hetero) is 1. The number of likely N-dealkylation sites (tertiary alicyclic amines) is 1. The highest BCUT2D eigenvalue weighted by molar-refractivity contribution is 5.84. The van der Waals surface area contributed by atoms with Crippen LogP contribution in [0, 0.1) is 40.9 Å². The maximum absolute atomic E-state index is 13.3. The zero-order valence-corrected chi connectivity index (χ0v) is 18.2. The van der Waals surface area contributed by atoms with Gasteiger partial charge in [0.1, 0.15) is 5.78 Å². The molecule has 0 aromatic rings. The number of nitrogens with zero attached hydrogens (tertiary/aromatic N) is 1. The number of fused-ring (bicyclic) bond motifs is 5. The van der Waals surface area contributed by atoms with Gasteiger partial charge in [-0.1, -0.05) is 6.92 Å². The van der Waals surface area contributed by atoms with Crippen LogP contribution in [0.4, 0.5) is 0 Å². The van der Waals surface area contributed by atoms with E-state index in [4.69, 9.17) is 0 Å². The zero-order chi connectivity index (χ0) is 19.5. The van der Waals surface area contributed by atoms with Crippen molar-refractivity contribution in [2.45, 2.75) is 90.1 Å². The smallest absolute Gasteiger partial charge is 0.150 e. The third kappa shape index (κ3) is 3.20. The molecule has 3 heteroatoms. The Labute approximate surface area is 171 Å². The molecular formula is C25H41NO2. The first kappa shape index (κ1) is 19.5. The van der Waals surface area contributed by atoms with Crippen molar-refractivity contribution in [2.24, 2.45) is 40.9 Å². The van der Waals surface area contributed by atoms with Gasteiger partial charge in [0.25, 0.3) is 0 Å². The van der Waals surface area contributed by atoms with Gasteiger partial charge in [-0.3, -0.25) is 9.69 Å². The molecule has 158 valence electrons. The van der Waals surface area contributed by atoms with Crippen LogP contribution >= 0.6 is 0 Å². The number of hydrogen-bond acceptors (Lipinski definition) is 3. The predicted octanol–water partition coefficient (Wildman–Crippen LogP) is 4.67. The molecule has 4 aliphatic carbocycles. The Morgan fingerprint density at radius 1 is 0.929 bits per heavy atom. The SMILES string of the molecule is C[C@]1(O)CC[C@H]2[C@H](CC[C@@H]3[C@@H]2CC[C@]2(C)[C@@H](C(=O)CN4CCCC4)CC[C@@H]32)C1. The first-order valence-electron chi connectivity index (χ1n) is 12.3. The first-order valence-corrected chi connectivity index (χ1v) is 12.3. The van der Waals surface area contributed by atoms with Gasteiger partial charge in [0.15, 0.2) is 0 Å². The van der Waals surface area contributed by atoms with E-state index in [0.29, 0.717) is 11.7 Å². The van der Waals surface area contributed by atoms with Gasteiger partial charge >= 0.3 is 0 Å². The van der Waals surface area contributed by atoms with Gasteiger partial charge < -0.3 is 5.11 Å². The average molecular weight is 388 g/mol. The minimum atomic E-state index is -0.419. The lowest BCUT2D eigenvalue weighted by molar-refractivity contribution is -0.133. The summed E-state index contributed by atoms with van der Waals surface area (Å²) in [4.78, 5) is 15.7. The fourth-order valence-electron chi connectivity index (χ4n) is 8.88. The zero-order valence-electron chi connectivity index (χ0n) is 18.2. The Hall–Kier alpha value is -0.410. The maximum Gasteiger partial charge on any atom is 0.150 e. The highest BCUT2D eigenvalue weighted by Gasteiger charge is 2.58. The van der Waals surface area contributed by atoms with Crippen LogP contribution < -0.4 is 0 Å². The van der Waals surface area contributed by atoms with E-state index in [1.54, 1.807) is 0 Å². The quantitative estimate of drug-likeness (QED) is 0.765. The fourth-order valence-corrected chi connectivity index (χ4v) is 8.88. The molecule has 1 N–H and O–H groups in total. The van der Waals surface area contributed by atoms with Gasteiger partial charge in [-0.05, 0) is 126 Å². The molecule has 5 aliphatic rings. The third-order valence-electron chi connectivity index (χ3n) is 10.2. The summed E-state index contributed by atoms with van der Waals surface area (Å²) in [6.07, 6.45) is 13.5. The lowest BCUT2D eigenvalue weighted by atomic mass is 9.49. The second kappa shape index (κ2) is 7.08. The van der Waals surface area contributed by atoms with Crippen molar-refractivity contribution in [1.82, 2.24) is 4.90 Å². The van der Waals surface area contributed by atoms with Crippen LogP contribution in [0.5, 0.6) is 0 Å². The van der Waals surface area contributed by atoms with Gasteiger partial charge in [0.05, 0.1) is 12.1 Å². The standard InChI is InChI=1S/C25H41NO2/c1-24(28)11-9-18-17(15-24)5-6-20-19(18)10-12-25(2)21(20)7-8-22(25)23(27)16-26-13-3-4-14-26/h17-22,28H,3-16H2,1-2H3/t17-,18+,19-,20-,21+,22-,24+,25+/m1/s1. The summed E-state index contributed by atoms with van der Waals surface area (Å²) in [5.41, 5.74) is -0.150. The van der Waals surface area contributed by atoms with Gasteiger partial charge in [-0.25, -0.2) is 0 Å². The fraction of sp³-hybridized carbons (Fsp3) is 0.960. The monoisotopic (exact) mass is 387 g/mol. The summed E-state index contributed by atoms with van der Waals surface area (Å²) in [5.74, 6) is 5.00. The first-order chi connectivity index (χ1) is 13.4. The Morgan fingerprint density at radius 3 is 2.46 bits per heavy atom. The highest BCUT2D eigenvalue weighted by Crippen LogP contribution is 2.64. The minimum Gasteiger partial charge on any atom is -0.390 e. The number of ketones is 1. The topological polar surface area (TPSA) is 40.5 Å². The number of rotatable bonds is 3. The molecule has 0 amide bonds. The maximum atomic E-state index is 13.3. The average Bonchev–Trinajstić information content (AvgIpc) is 3.27. The van der Waals surface area contributed by atoms with Gasteiger partial charge in [-0.15, -0.1) is 0 Å². The molecule has 4 saturated carbocycles. The van der Waals surface area contributed by atoms with Crippen molar-refractivity contribution in [3.63, 3.8) is 0 Å². The van der Waals surface area contributed by atoms with Crippen molar-refractivity contribution < 1.29 is 9.90 Å². The Balaban J connectivity index is 1.29. The number of aliphatic hydroxyl groups is 1. The summed E-state index contributed by atoms with van der Waals surface area (Å²) in [7, 11) is 0. The molecule has 1 saturated heterocycles. The van der Waals surface area contributed by atoms with Crippen molar-refractivity contribution in [1.29, 1.82) is 0 Å². The van der Waals surface area contributed by atoms with E-state index in [1.807, 2.05) is 0 Å². The van der Waals surface area contributed by atoms with Crippen LogP contribution in [0.25, 0.3) is 0 Å². The lowest BCUT2D eigenvalue weighted by Crippen LogP contribution is -2.51. The highest BCUT2D eigenvalue weighted by atomic mass is 16.3. The largest absolute Gasteiger partial charge is 0.390 e. The van der Waals surface area contributed by atoms with Crippen molar-refractivity contribution >= 4 is 5.78 Å². The Kier molecular flexibility index (Phi) is 4.94. The van der Waals surface area contributed by atoms with E-state index >= 15 is 0 Å². The van der Waals surface area contributed by atoms with Crippen molar-refractivity contribution in [3.8, 4) is 0 Å². The van der Waals surface area contributed by atoms with Crippen LogP contribution in [0.3, 0.4) is 0 Å². The molecule has 0 unspecified atom stereocenters. The van der Waals surface area contributed by atoms with Crippen LogP contribution in [-0.4, -0.2) is 41.0 Å². The Morgan fingerprint density at radius 2 is 1.68 bits per heavy atom. The van der Waals surface area contributed by atoms with Crippen LogP contribution in [-0.2, 0) is 4.79 Å². The molecule has 0 aromatic carbocycles. The molecule has 5 rings (SSSR count). The molecule has 0 radical (unpaired) electrons. The second-order valence-corrected chi connectivity index (χ2v) is 11.8. The van der Waals surface area contributed by atoms with Gasteiger partial charge in [0.2, 0.25) is 0 Å². The molecule has 8 atom stereocenters. The van der Waals surface area contributed by atoms with Crippen molar-refractivity contribution in [3.05, 3.63) is 0 Å². The van der Waals surface area contributed by atoms with Crippen LogP contribution in [0.2, 0.25) is 0 Å². The summed E-state index contributed by atoms with van der Waals surface area (Å²) in [6.45, 7) is 7.54. The van der Waals surface area contributed by atoms with Crippen LogP contribution in [0.1, 0.15) is 84.5 Å². The van der Waals surface area contributed by atoms with E-state index in [1.165, 1.54) is 51.4 Å². The van der Waals surface area contributed by atoms with Gasteiger partial charge in [0, 0.05) is 5.92 Å². The molecule has 3 nitrogen and oxygen atoms in total. The molecule has 1 heterocycles. The summed E-state index contributed by atoms with van der Waals surface area (Å²) < 4.78 is 0. The summed E-state index contributed by atoms with van der Waals surface area (Å²) >= 11 is 0. The lowest BCUT2D eigenvalue weighted by Gasteiger charge is -2.56. The van der Waals surface area contributed by atoms with Crippen molar-refractivity contribution in [2.75, 3.05) is 19.6 Å². The summed E-state index contributed by atoms with van der Waals surface area (Å²) in [6, 6.07) is 0. The van der Waals surface area contributed by atoms with E-state index < -0.39 is 5.60 Å². The molecule has 1 aliphatic heterocycles. The van der Waals surface area contributed by atoms with E-state index in [2.05, 4.69) is 18.7 Å².